The van der Waals surface area contributed by atoms with Crippen LogP contribution in [-0.4, -0.2) is 43.4 Å². The van der Waals surface area contributed by atoms with Gasteiger partial charge in [0.25, 0.3) is 5.91 Å². The van der Waals surface area contributed by atoms with Crippen LogP contribution in [0.15, 0.2) is 52.4 Å². The van der Waals surface area contributed by atoms with E-state index in [4.69, 9.17) is 4.74 Å². The van der Waals surface area contributed by atoms with Gasteiger partial charge in [0.1, 0.15) is 5.75 Å². The van der Waals surface area contributed by atoms with Gasteiger partial charge in [0.2, 0.25) is 10.0 Å². The quantitative estimate of drug-likeness (QED) is 0.601. The first kappa shape index (κ1) is 21.7. The van der Waals surface area contributed by atoms with E-state index in [0.29, 0.717) is 36.5 Å². The van der Waals surface area contributed by atoms with Crippen molar-refractivity contribution in [3.63, 3.8) is 0 Å². The van der Waals surface area contributed by atoms with E-state index >= 15 is 0 Å². The second-order valence-electron chi connectivity index (χ2n) is 7.67. The third-order valence-electron chi connectivity index (χ3n) is 5.73. The number of nitrogens with zero attached hydrogens (tertiary/aromatic N) is 3. The fraction of sp³-hybridized carbons (Fsp3) is 0.364. The SMILES string of the molecule is COc1ccc(S(=O)(=O)N2CCC(C(=O)N=c3sc4cccc(C)c4n3C)CC2)cc1. The smallest absolute Gasteiger partial charge is 0.251 e. The monoisotopic (exact) mass is 459 g/mol. The number of hydrogen-bond donors (Lipinski definition) is 0. The summed E-state index contributed by atoms with van der Waals surface area (Å²) in [5.41, 5.74) is 2.22. The second kappa shape index (κ2) is 8.57. The molecule has 0 unspecified atom stereocenters. The fourth-order valence-corrected chi connectivity index (χ4v) is 6.50. The predicted octanol–water partition coefficient (Wildman–Crippen LogP) is 3.09. The number of carbonyl (C=O) groups excluding carboxylic acids is 1. The molecule has 4 rings (SSSR count). The number of hydrogen-bond acceptors (Lipinski definition) is 5. The van der Waals surface area contributed by atoms with Crippen molar-refractivity contribution in [3.05, 3.63) is 52.8 Å². The van der Waals surface area contributed by atoms with Crippen LogP contribution in [0.4, 0.5) is 0 Å². The van der Waals surface area contributed by atoms with Crippen LogP contribution in [-0.2, 0) is 21.9 Å². The van der Waals surface area contributed by atoms with Gasteiger partial charge in [0.05, 0.1) is 22.2 Å². The summed E-state index contributed by atoms with van der Waals surface area (Å²) in [5, 5.41) is 0. The lowest BCUT2D eigenvalue weighted by molar-refractivity contribution is -0.122. The van der Waals surface area contributed by atoms with Crippen molar-refractivity contribution >= 4 is 37.5 Å². The summed E-state index contributed by atoms with van der Waals surface area (Å²) in [6, 6.07) is 12.4. The molecule has 2 aromatic carbocycles. The normalized spacial score (nSPS) is 16.7. The molecule has 0 spiro atoms. The largest absolute Gasteiger partial charge is 0.497 e. The molecule has 7 nitrogen and oxygen atoms in total. The number of methoxy groups -OCH3 is 1. The zero-order valence-corrected chi connectivity index (χ0v) is 19.4. The first-order valence-electron chi connectivity index (χ1n) is 10.1. The van der Waals surface area contributed by atoms with E-state index in [9.17, 15) is 13.2 Å². The summed E-state index contributed by atoms with van der Waals surface area (Å²) in [4.78, 5) is 18.1. The molecule has 1 saturated heterocycles. The molecule has 0 N–H and O–H groups in total. The van der Waals surface area contributed by atoms with Gasteiger partial charge in [-0.3, -0.25) is 4.79 Å². The van der Waals surface area contributed by atoms with Gasteiger partial charge in [-0.05, 0) is 55.7 Å². The highest BCUT2D eigenvalue weighted by Crippen LogP contribution is 2.26. The highest BCUT2D eigenvalue weighted by atomic mass is 32.2. The lowest BCUT2D eigenvalue weighted by Crippen LogP contribution is -2.40. The van der Waals surface area contributed by atoms with Crippen molar-refractivity contribution in [2.75, 3.05) is 20.2 Å². The molecule has 1 aromatic heterocycles. The molecule has 2 heterocycles. The number of ether oxygens (including phenoxy) is 1. The van der Waals surface area contributed by atoms with Crippen molar-refractivity contribution in [2.24, 2.45) is 18.0 Å². The van der Waals surface area contributed by atoms with Crippen molar-refractivity contribution in [3.8, 4) is 5.75 Å². The number of carbonyl (C=O) groups is 1. The number of aromatic nitrogens is 1. The Morgan fingerprint density at radius 2 is 1.81 bits per heavy atom. The highest BCUT2D eigenvalue weighted by molar-refractivity contribution is 7.89. The first-order chi connectivity index (χ1) is 14.8. The maximum absolute atomic E-state index is 12.9. The Kier molecular flexibility index (Phi) is 6.00. The molecule has 3 aromatic rings. The number of amides is 1. The van der Waals surface area contributed by atoms with E-state index in [1.165, 1.54) is 22.8 Å². The lowest BCUT2D eigenvalue weighted by Gasteiger charge is -2.29. The van der Waals surface area contributed by atoms with Gasteiger partial charge in [0.15, 0.2) is 4.80 Å². The number of sulfonamides is 1. The molecule has 9 heteroatoms. The number of para-hydroxylation sites is 1. The van der Waals surface area contributed by atoms with Crippen LogP contribution in [0.3, 0.4) is 0 Å². The Bertz CT molecular complexity index is 1280. The molecule has 1 aliphatic rings. The number of thiazole rings is 1. The molecule has 1 fully saturated rings. The summed E-state index contributed by atoms with van der Waals surface area (Å²) in [7, 11) is -0.133. The molecule has 0 bridgehead atoms. The van der Waals surface area contributed by atoms with E-state index in [1.54, 1.807) is 24.3 Å². The van der Waals surface area contributed by atoms with Gasteiger partial charge in [0, 0.05) is 26.1 Å². The van der Waals surface area contributed by atoms with Gasteiger partial charge in [-0.1, -0.05) is 23.5 Å². The van der Waals surface area contributed by atoms with Gasteiger partial charge < -0.3 is 9.30 Å². The third-order valence-corrected chi connectivity index (χ3v) is 8.74. The topological polar surface area (TPSA) is 81.0 Å². The number of rotatable bonds is 4. The van der Waals surface area contributed by atoms with Crippen LogP contribution in [0.25, 0.3) is 10.2 Å². The molecule has 0 radical (unpaired) electrons. The molecule has 31 heavy (non-hydrogen) atoms. The maximum atomic E-state index is 12.9. The van der Waals surface area contributed by atoms with Crippen molar-refractivity contribution in [1.29, 1.82) is 0 Å². The minimum absolute atomic E-state index is 0.179. The van der Waals surface area contributed by atoms with Crippen molar-refractivity contribution < 1.29 is 17.9 Å². The number of benzene rings is 2. The molecular formula is C22H25N3O4S2. The summed E-state index contributed by atoms with van der Waals surface area (Å²) in [5.74, 6) is 0.157. The lowest BCUT2D eigenvalue weighted by atomic mass is 9.98. The molecule has 1 aliphatic heterocycles. The summed E-state index contributed by atoms with van der Waals surface area (Å²) >= 11 is 1.49. The van der Waals surface area contributed by atoms with Crippen LogP contribution in [0.2, 0.25) is 0 Å². The number of aryl methyl sites for hydroxylation is 2. The zero-order valence-electron chi connectivity index (χ0n) is 17.7. The van der Waals surface area contributed by atoms with Gasteiger partial charge in [-0.15, -0.1) is 0 Å². The average molecular weight is 460 g/mol. The summed E-state index contributed by atoms with van der Waals surface area (Å²) in [6.45, 7) is 2.65. The van der Waals surface area contributed by atoms with Crippen LogP contribution in [0.5, 0.6) is 5.75 Å². The van der Waals surface area contributed by atoms with Gasteiger partial charge in [-0.2, -0.15) is 9.30 Å². The van der Waals surface area contributed by atoms with Gasteiger partial charge in [-0.25, -0.2) is 8.42 Å². The van der Waals surface area contributed by atoms with Crippen molar-refractivity contribution in [1.82, 2.24) is 8.87 Å². The molecule has 0 aliphatic carbocycles. The molecular weight excluding hydrogens is 434 g/mol. The Morgan fingerprint density at radius 1 is 1.13 bits per heavy atom. The van der Waals surface area contributed by atoms with Crippen LogP contribution in [0.1, 0.15) is 18.4 Å². The molecule has 164 valence electrons. The van der Waals surface area contributed by atoms with E-state index in [2.05, 4.69) is 4.99 Å². The van der Waals surface area contributed by atoms with E-state index in [1.807, 2.05) is 36.7 Å². The fourth-order valence-electron chi connectivity index (χ4n) is 3.93. The zero-order chi connectivity index (χ0) is 22.2. The molecule has 1 amide bonds. The van der Waals surface area contributed by atoms with Crippen LogP contribution < -0.4 is 9.54 Å². The van der Waals surface area contributed by atoms with Crippen LogP contribution >= 0.6 is 11.3 Å². The van der Waals surface area contributed by atoms with E-state index in [-0.39, 0.29) is 16.7 Å². The Hall–Kier alpha value is -2.49. The Morgan fingerprint density at radius 3 is 2.42 bits per heavy atom. The number of piperidine rings is 1. The minimum atomic E-state index is -3.59. The molecule has 0 saturated carbocycles. The average Bonchev–Trinajstić information content (AvgIpc) is 3.10. The van der Waals surface area contributed by atoms with E-state index in [0.717, 1.165) is 15.8 Å². The number of fused-ring (bicyclic) bond motifs is 1. The predicted molar refractivity (Wildman–Crippen MR) is 121 cm³/mol. The summed E-state index contributed by atoms with van der Waals surface area (Å²) < 4.78 is 35.4. The highest BCUT2D eigenvalue weighted by Gasteiger charge is 2.32. The molecule has 0 atom stereocenters. The maximum Gasteiger partial charge on any atom is 0.251 e. The van der Waals surface area contributed by atoms with Crippen LogP contribution in [0, 0.1) is 12.8 Å². The first-order valence-corrected chi connectivity index (χ1v) is 12.3. The van der Waals surface area contributed by atoms with E-state index < -0.39 is 10.0 Å². The minimum Gasteiger partial charge on any atom is -0.497 e. The third kappa shape index (κ3) is 4.17. The second-order valence-corrected chi connectivity index (χ2v) is 10.6. The summed E-state index contributed by atoms with van der Waals surface area (Å²) in [6.07, 6.45) is 0.927. The Balaban J connectivity index is 1.48. The standard InChI is InChI=1S/C22H25N3O4S2/c1-15-5-4-6-19-20(15)24(2)22(30-19)23-21(26)16-11-13-25(14-12-16)31(27,28)18-9-7-17(29-3)8-10-18/h4-10,16H,11-14H2,1-3H3. The van der Waals surface area contributed by atoms with Gasteiger partial charge >= 0.3 is 0 Å². The van der Waals surface area contributed by atoms with Crippen molar-refractivity contribution in [2.45, 2.75) is 24.7 Å². The Labute approximate surface area is 185 Å².